The van der Waals surface area contributed by atoms with Gasteiger partial charge in [-0.3, -0.25) is 4.79 Å². The van der Waals surface area contributed by atoms with Gasteiger partial charge >= 0.3 is 6.18 Å². The lowest BCUT2D eigenvalue weighted by Crippen LogP contribution is -2.04. The van der Waals surface area contributed by atoms with E-state index in [4.69, 9.17) is 5.73 Å². The molecule has 1 heterocycles. The maximum atomic E-state index is 12.5. The Morgan fingerprint density at radius 3 is 2.61 bits per heavy atom. The predicted octanol–water partition coefficient (Wildman–Crippen LogP) is 2.63. The molecule has 3 nitrogen and oxygen atoms in total. The second-order valence-corrected chi connectivity index (χ2v) is 4.55. The van der Waals surface area contributed by atoms with Crippen LogP contribution in [0, 0.1) is 0 Å². The number of alkyl halides is 3. The highest BCUT2D eigenvalue weighted by molar-refractivity contribution is 8.18. The van der Waals surface area contributed by atoms with Gasteiger partial charge in [-0.1, -0.05) is 12.1 Å². The molecule has 0 atom stereocenters. The van der Waals surface area contributed by atoms with E-state index in [2.05, 4.69) is 4.99 Å². The number of nitrogens with two attached hydrogens (primary N) is 1. The normalized spacial score (nSPS) is 18.3. The van der Waals surface area contributed by atoms with Crippen LogP contribution in [0.4, 0.5) is 13.2 Å². The second kappa shape index (κ2) is 4.49. The van der Waals surface area contributed by atoms with Crippen LogP contribution in [0.3, 0.4) is 0 Å². The Labute approximate surface area is 105 Å². The Kier molecular flexibility index (Phi) is 3.16. The van der Waals surface area contributed by atoms with Gasteiger partial charge < -0.3 is 5.73 Å². The van der Waals surface area contributed by atoms with Crippen molar-refractivity contribution in [1.82, 2.24) is 0 Å². The van der Waals surface area contributed by atoms with Crippen molar-refractivity contribution in [3.05, 3.63) is 40.3 Å². The van der Waals surface area contributed by atoms with Gasteiger partial charge in [-0.15, -0.1) is 0 Å². The van der Waals surface area contributed by atoms with Crippen LogP contribution in [0.2, 0.25) is 0 Å². The molecule has 0 unspecified atom stereocenters. The van der Waals surface area contributed by atoms with E-state index in [1.54, 1.807) is 0 Å². The van der Waals surface area contributed by atoms with Crippen molar-refractivity contribution < 1.29 is 18.0 Å². The van der Waals surface area contributed by atoms with E-state index < -0.39 is 17.6 Å². The van der Waals surface area contributed by atoms with Gasteiger partial charge in [0.25, 0.3) is 5.91 Å². The maximum absolute atomic E-state index is 12.5. The minimum absolute atomic E-state index is 0.0956. The molecule has 2 rings (SSSR count). The first-order valence-corrected chi connectivity index (χ1v) is 5.63. The number of amides is 1. The van der Waals surface area contributed by atoms with E-state index in [9.17, 15) is 18.0 Å². The fourth-order valence-corrected chi connectivity index (χ4v) is 2.06. The number of hydrogen-bond acceptors (Lipinski definition) is 3. The van der Waals surface area contributed by atoms with Crippen LogP contribution in [0.5, 0.6) is 0 Å². The summed E-state index contributed by atoms with van der Waals surface area (Å²) in [4.78, 5) is 15.0. The number of thioether (sulfide) groups is 1. The molecule has 0 radical (unpaired) electrons. The van der Waals surface area contributed by atoms with Gasteiger partial charge in [-0.05, 0) is 35.5 Å². The van der Waals surface area contributed by atoms with Gasteiger partial charge in [0, 0.05) is 0 Å². The van der Waals surface area contributed by atoms with Crippen LogP contribution in [0.25, 0.3) is 6.08 Å². The summed E-state index contributed by atoms with van der Waals surface area (Å²) in [6.07, 6.45) is -3.07. The topological polar surface area (TPSA) is 55.4 Å². The molecule has 1 aliphatic rings. The third-order valence-corrected chi connectivity index (χ3v) is 2.96. The average Bonchev–Trinajstić information content (AvgIpc) is 2.56. The molecule has 1 aromatic carbocycles. The molecule has 0 saturated heterocycles. The number of hydrogen-bond donors (Lipinski definition) is 1. The summed E-state index contributed by atoms with van der Waals surface area (Å²) >= 11 is 0.940. The minimum atomic E-state index is -4.41. The lowest BCUT2D eigenvalue weighted by molar-refractivity contribution is -0.137. The summed E-state index contributed by atoms with van der Waals surface area (Å²) in [6.45, 7) is 0. The van der Waals surface area contributed by atoms with Crippen molar-refractivity contribution in [2.75, 3.05) is 0 Å². The number of carbonyl (C=O) groups excluding carboxylic acids is 1. The molecular weight excluding hydrogens is 265 g/mol. The first-order valence-electron chi connectivity index (χ1n) is 4.81. The van der Waals surface area contributed by atoms with Crippen molar-refractivity contribution in [1.29, 1.82) is 0 Å². The molecule has 0 saturated carbocycles. The van der Waals surface area contributed by atoms with Crippen molar-refractivity contribution >= 4 is 28.9 Å². The number of benzene rings is 1. The molecule has 2 N–H and O–H groups in total. The molecule has 0 aliphatic carbocycles. The van der Waals surface area contributed by atoms with Crippen molar-refractivity contribution in [2.24, 2.45) is 10.7 Å². The van der Waals surface area contributed by atoms with Crippen LogP contribution >= 0.6 is 11.8 Å². The molecule has 7 heteroatoms. The fourth-order valence-electron chi connectivity index (χ4n) is 1.38. The molecular formula is C11H7F3N2OS. The molecule has 1 aliphatic heterocycles. The van der Waals surface area contributed by atoms with Crippen molar-refractivity contribution in [3.8, 4) is 0 Å². The number of nitrogens with zero attached hydrogens (tertiary/aromatic N) is 1. The van der Waals surface area contributed by atoms with Gasteiger partial charge in [0.2, 0.25) is 0 Å². The number of aliphatic imine (C=N–C) groups is 1. The highest BCUT2D eigenvalue weighted by Crippen LogP contribution is 2.31. The number of carbonyl (C=O) groups is 1. The van der Waals surface area contributed by atoms with Crippen molar-refractivity contribution in [3.63, 3.8) is 0 Å². The number of amidine groups is 1. The SMILES string of the molecule is NC1=NC(=O)C(=Cc2cccc(C(F)(F)F)c2)S1. The standard InChI is InChI=1S/C11H7F3N2OS/c12-11(13,14)7-3-1-2-6(4-7)5-8-9(17)16-10(15)18-8/h1-5H,(H2,15,16,17). The Morgan fingerprint density at radius 2 is 2.06 bits per heavy atom. The van der Waals surface area contributed by atoms with Gasteiger partial charge in [-0.2, -0.15) is 18.2 Å². The lowest BCUT2D eigenvalue weighted by Gasteiger charge is -2.06. The molecule has 18 heavy (non-hydrogen) atoms. The summed E-state index contributed by atoms with van der Waals surface area (Å²) in [5, 5.41) is 0.0956. The summed E-state index contributed by atoms with van der Waals surface area (Å²) in [5.74, 6) is -0.532. The van der Waals surface area contributed by atoms with Crippen LogP contribution in [-0.4, -0.2) is 11.1 Å². The zero-order valence-corrected chi connectivity index (χ0v) is 9.68. The van der Waals surface area contributed by atoms with E-state index in [-0.39, 0.29) is 15.6 Å². The highest BCUT2D eigenvalue weighted by atomic mass is 32.2. The molecule has 1 aromatic rings. The molecule has 0 spiro atoms. The fraction of sp³-hybridized carbons (Fsp3) is 0.0909. The zero-order chi connectivity index (χ0) is 13.3. The predicted molar refractivity (Wildman–Crippen MR) is 63.6 cm³/mol. The van der Waals surface area contributed by atoms with E-state index in [0.717, 1.165) is 23.9 Å². The van der Waals surface area contributed by atoms with Gasteiger partial charge in [0.15, 0.2) is 5.17 Å². The third-order valence-electron chi connectivity index (χ3n) is 2.15. The number of halogens is 3. The van der Waals surface area contributed by atoms with Crippen LogP contribution < -0.4 is 5.73 Å². The van der Waals surface area contributed by atoms with Crippen LogP contribution in [-0.2, 0) is 11.0 Å². The first kappa shape index (κ1) is 12.7. The van der Waals surface area contributed by atoms with E-state index in [1.165, 1.54) is 18.2 Å². The Balaban J connectivity index is 2.31. The maximum Gasteiger partial charge on any atom is 0.416 e. The summed E-state index contributed by atoms with van der Waals surface area (Å²) in [7, 11) is 0. The van der Waals surface area contributed by atoms with Crippen molar-refractivity contribution in [2.45, 2.75) is 6.18 Å². The first-order chi connectivity index (χ1) is 8.36. The summed E-state index contributed by atoms with van der Waals surface area (Å²) in [5.41, 5.74) is 4.86. The van der Waals surface area contributed by atoms with Crippen LogP contribution in [0.1, 0.15) is 11.1 Å². The number of rotatable bonds is 1. The van der Waals surface area contributed by atoms with Crippen LogP contribution in [0.15, 0.2) is 34.2 Å². The second-order valence-electron chi connectivity index (χ2n) is 3.49. The van der Waals surface area contributed by atoms with Gasteiger partial charge in [0.1, 0.15) is 0 Å². The quantitative estimate of drug-likeness (QED) is 0.799. The zero-order valence-electron chi connectivity index (χ0n) is 8.86. The molecule has 1 amide bonds. The van der Waals surface area contributed by atoms with Gasteiger partial charge in [0.05, 0.1) is 10.5 Å². The van der Waals surface area contributed by atoms with Gasteiger partial charge in [-0.25, -0.2) is 0 Å². The molecule has 0 bridgehead atoms. The monoisotopic (exact) mass is 272 g/mol. The molecule has 0 fully saturated rings. The average molecular weight is 272 g/mol. The Bertz CT molecular complexity index is 564. The molecule has 94 valence electrons. The van der Waals surface area contributed by atoms with E-state index >= 15 is 0 Å². The lowest BCUT2D eigenvalue weighted by atomic mass is 10.1. The summed E-state index contributed by atoms with van der Waals surface area (Å²) < 4.78 is 37.5. The third kappa shape index (κ3) is 2.73. The van der Waals surface area contributed by atoms with E-state index in [1.807, 2.05) is 0 Å². The Morgan fingerprint density at radius 1 is 1.33 bits per heavy atom. The smallest absolute Gasteiger partial charge is 0.378 e. The molecule has 0 aromatic heterocycles. The summed E-state index contributed by atoms with van der Waals surface area (Å²) in [6, 6.07) is 4.69. The van der Waals surface area contributed by atoms with E-state index in [0.29, 0.717) is 0 Å². The minimum Gasteiger partial charge on any atom is -0.378 e. The largest absolute Gasteiger partial charge is 0.416 e. The highest BCUT2D eigenvalue weighted by Gasteiger charge is 2.30. The Hall–Kier alpha value is -1.76.